The second kappa shape index (κ2) is 7.74. The average molecular weight is 346 g/mol. The Kier molecular flexibility index (Phi) is 5.43. The van der Waals surface area contributed by atoms with Gasteiger partial charge < -0.3 is 20.3 Å². The molecule has 2 heterocycles. The first-order valence-electron chi connectivity index (χ1n) is 8.82. The number of benzene rings is 1. The summed E-state index contributed by atoms with van der Waals surface area (Å²) >= 11 is 0. The predicted molar refractivity (Wildman–Crippen MR) is 96.2 cm³/mol. The second-order valence-electron chi connectivity index (χ2n) is 6.56. The number of methoxy groups -OCH3 is 1. The van der Waals surface area contributed by atoms with Crippen molar-refractivity contribution in [3.63, 3.8) is 0 Å². The van der Waals surface area contributed by atoms with E-state index < -0.39 is 0 Å². The monoisotopic (exact) mass is 346 g/mol. The van der Waals surface area contributed by atoms with Gasteiger partial charge in [0.1, 0.15) is 5.75 Å². The Balaban J connectivity index is 1.67. The summed E-state index contributed by atoms with van der Waals surface area (Å²) in [6.45, 7) is 3.79. The van der Waals surface area contributed by atoms with Crippen molar-refractivity contribution in [3.8, 4) is 5.75 Å². The van der Waals surface area contributed by atoms with E-state index in [-0.39, 0.29) is 11.9 Å². The second-order valence-corrected chi connectivity index (χ2v) is 6.56. The van der Waals surface area contributed by atoms with E-state index in [9.17, 15) is 9.59 Å². The summed E-state index contributed by atoms with van der Waals surface area (Å²) < 4.78 is 5.31. The standard InChI is InChI=1S/C18H26N4O3/c1-19-17(23)13-5-6-16(25-2)15(11-13)20-18(24)22-10-7-14(12-22)21-8-3-4-9-21/h5-6,11,14H,3-4,7-10,12H2,1-2H3,(H,19,23)(H,20,24)/t14-/m1/s1. The fourth-order valence-corrected chi connectivity index (χ4v) is 3.62. The molecule has 136 valence electrons. The Labute approximate surface area is 148 Å². The van der Waals surface area contributed by atoms with Crippen LogP contribution in [0.25, 0.3) is 0 Å². The predicted octanol–water partition coefficient (Wildman–Crippen LogP) is 1.76. The van der Waals surface area contributed by atoms with Crippen LogP contribution in [0.2, 0.25) is 0 Å². The summed E-state index contributed by atoms with van der Waals surface area (Å²) in [7, 11) is 3.12. The normalized spacial score (nSPS) is 20.6. The number of hydrogen-bond acceptors (Lipinski definition) is 4. The Morgan fingerprint density at radius 3 is 2.64 bits per heavy atom. The molecule has 0 unspecified atom stereocenters. The van der Waals surface area contributed by atoms with E-state index in [1.807, 2.05) is 4.90 Å². The molecule has 1 aromatic carbocycles. The third-order valence-corrected chi connectivity index (χ3v) is 5.04. The van der Waals surface area contributed by atoms with Crippen LogP contribution in [-0.4, -0.2) is 68.1 Å². The molecule has 0 aromatic heterocycles. The Hall–Kier alpha value is -2.28. The molecule has 0 saturated carbocycles. The van der Waals surface area contributed by atoms with E-state index in [1.54, 1.807) is 32.4 Å². The number of nitrogens with one attached hydrogen (secondary N) is 2. The van der Waals surface area contributed by atoms with Crippen LogP contribution in [0.4, 0.5) is 10.5 Å². The smallest absolute Gasteiger partial charge is 0.322 e. The Bertz CT molecular complexity index is 643. The summed E-state index contributed by atoms with van der Waals surface area (Å²) in [5, 5.41) is 5.48. The maximum absolute atomic E-state index is 12.6. The summed E-state index contributed by atoms with van der Waals surface area (Å²) in [5.41, 5.74) is 0.994. The fraction of sp³-hybridized carbons (Fsp3) is 0.556. The van der Waals surface area contributed by atoms with Gasteiger partial charge in [-0.15, -0.1) is 0 Å². The van der Waals surface area contributed by atoms with Gasteiger partial charge in [-0.3, -0.25) is 9.69 Å². The largest absolute Gasteiger partial charge is 0.495 e. The van der Waals surface area contributed by atoms with E-state index in [4.69, 9.17) is 4.74 Å². The molecule has 2 aliphatic rings. The van der Waals surface area contributed by atoms with Gasteiger partial charge in [-0.25, -0.2) is 4.79 Å². The first-order valence-corrected chi connectivity index (χ1v) is 8.82. The van der Waals surface area contributed by atoms with Gasteiger partial charge in [-0.1, -0.05) is 0 Å². The average Bonchev–Trinajstić information content (AvgIpc) is 3.32. The molecule has 0 spiro atoms. The number of hydrogen-bond donors (Lipinski definition) is 2. The lowest BCUT2D eigenvalue weighted by Gasteiger charge is -2.24. The number of anilines is 1. The van der Waals surface area contributed by atoms with Gasteiger partial charge in [0.15, 0.2) is 0 Å². The fourth-order valence-electron chi connectivity index (χ4n) is 3.62. The quantitative estimate of drug-likeness (QED) is 0.871. The highest BCUT2D eigenvalue weighted by Gasteiger charge is 2.31. The van der Waals surface area contributed by atoms with Gasteiger partial charge in [0.2, 0.25) is 0 Å². The lowest BCUT2D eigenvalue weighted by Crippen LogP contribution is -2.38. The van der Waals surface area contributed by atoms with E-state index in [0.29, 0.717) is 23.0 Å². The maximum Gasteiger partial charge on any atom is 0.322 e. The highest BCUT2D eigenvalue weighted by atomic mass is 16.5. The van der Waals surface area contributed by atoms with Gasteiger partial charge in [0.05, 0.1) is 12.8 Å². The highest BCUT2D eigenvalue weighted by molar-refractivity contribution is 5.98. The summed E-state index contributed by atoms with van der Waals surface area (Å²) in [6, 6.07) is 5.33. The number of ether oxygens (including phenoxy) is 1. The van der Waals surface area contributed by atoms with Crippen molar-refractivity contribution >= 4 is 17.6 Å². The molecule has 2 fully saturated rings. The topological polar surface area (TPSA) is 73.9 Å². The van der Waals surface area contributed by atoms with Gasteiger partial charge in [0.25, 0.3) is 5.91 Å². The molecule has 2 N–H and O–H groups in total. The first-order chi connectivity index (χ1) is 12.1. The molecule has 2 saturated heterocycles. The first kappa shape index (κ1) is 17.5. The van der Waals surface area contributed by atoms with Gasteiger partial charge in [0, 0.05) is 31.7 Å². The molecule has 7 heteroatoms. The molecule has 0 bridgehead atoms. The zero-order chi connectivity index (χ0) is 17.8. The van der Waals surface area contributed by atoms with E-state index in [2.05, 4.69) is 15.5 Å². The number of carbonyl (C=O) groups excluding carboxylic acids is 2. The molecule has 3 amide bonds. The zero-order valence-electron chi connectivity index (χ0n) is 14.9. The van der Waals surface area contributed by atoms with Crippen molar-refractivity contribution < 1.29 is 14.3 Å². The summed E-state index contributed by atoms with van der Waals surface area (Å²) in [5.74, 6) is 0.338. The van der Waals surface area contributed by atoms with E-state index >= 15 is 0 Å². The van der Waals surface area contributed by atoms with Crippen molar-refractivity contribution in [2.45, 2.75) is 25.3 Å². The van der Waals surface area contributed by atoms with E-state index in [1.165, 1.54) is 12.8 Å². The Morgan fingerprint density at radius 2 is 1.96 bits per heavy atom. The SMILES string of the molecule is CNC(=O)c1ccc(OC)c(NC(=O)N2CC[C@@H](N3CCCC3)C2)c1. The maximum atomic E-state index is 12.6. The molecule has 1 aromatic rings. The minimum atomic E-state index is -0.201. The molecular formula is C18H26N4O3. The van der Waals surface area contributed by atoms with E-state index in [0.717, 1.165) is 32.6 Å². The number of nitrogens with zero attached hydrogens (tertiary/aromatic N) is 2. The van der Waals surface area contributed by atoms with Crippen LogP contribution >= 0.6 is 0 Å². The van der Waals surface area contributed by atoms with Crippen molar-refractivity contribution in [2.75, 3.05) is 45.7 Å². The van der Waals surface area contributed by atoms with Gasteiger partial charge in [-0.05, 0) is 50.6 Å². The van der Waals surface area contributed by atoms with Crippen LogP contribution in [0.3, 0.4) is 0 Å². The Morgan fingerprint density at radius 1 is 1.20 bits per heavy atom. The van der Waals surface area contributed by atoms with Crippen LogP contribution in [0.15, 0.2) is 18.2 Å². The molecule has 0 radical (unpaired) electrons. The zero-order valence-corrected chi connectivity index (χ0v) is 14.9. The highest BCUT2D eigenvalue weighted by Crippen LogP contribution is 2.27. The van der Waals surface area contributed by atoms with Crippen molar-refractivity contribution in [2.24, 2.45) is 0 Å². The summed E-state index contributed by atoms with van der Waals surface area (Å²) in [6.07, 6.45) is 3.53. The number of likely N-dealkylation sites (tertiary alicyclic amines) is 2. The number of carbonyl (C=O) groups is 2. The van der Waals surface area contributed by atoms with Crippen LogP contribution in [0, 0.1) is 0 Å². The minimum absolute atomic E-state index is 0.144. The molecule has 7 nitrogen and oxygen atoms in total. The van der Waals surface area contributed by atoms with Crippen LogP contribution in [0.1, 0.15) is 29.6 Å². The lowest BCUT2D eigenvalue weighted by atomic mass is 10.1. The van der Waals surface area contributed by atoms with Crippen LogP contribution in [0.5, 0.6) is 5.75 Å². The molecule has 0 aliphatic carbocycles. The molecule has 1 atom stereocenters. The molecule has 2 aliphatic heterocycles. The van der Waals surface area contributed by atoms with Crippen LogP contribution in [-0.2, 0) is 0 Å². The van der Waals surface area contributed by atoms with Gasteiger partial charge in [-0.2, -0.15) is 0 Å². The van der Waals surface area contributed by atoms with Crippen LogP contribution < -0.4 is 15.4 Å². The third kappa shape index (κ3) is 3.87. The molecular weight excluding hydrogens is 320 g/mol. The minimum Gasteiger partial charge on any atom is -0.495 e. The third-order valence-electron chi connectivity index (χ3n) is 5.04. The van der Waals surface area contributed by atoms with Gasteiger partial charge >= 0.3 is 6.03 Å². The number of urea groups is 1. The summed E-state index contributed by atoms with van der Waals surface area (Å²) in [4.78, 5) is 28.8. The number of rotatable bonds is 4. The lowest BCUT2D eigenvalue weighted by molar-refractivity contribution is 0.0963. The van der Waals surface area contributed by atoms with Crippen molar-refractivity contribution in [3.05, 3.63) is 23.8 Å². The van der Waals surface area contributed by atoms with Crippen molar-refractivity contribution in [1.29, 1.82) is 0 Å². The number of amides is 3. The molecule has 25 heavy (non-hydrogen) atoms. The molecule has 3 rings (SSSR count). The van der Waals surface area contributed by atoms with Crippen molar-refractivity contribution in [1.82, 2.24) is 15.1 Å².